The smallest absolute Gasteiger partial charge is 0.165 e. The van der Waals surface area contributed by atoms with Crippen LogP contribution in [0.15, 0.2) is 42.5 Å². The van der Waals surface area contributed by atoms with Gasteiger partial charge in [0.1, 0.15) is 13.2 Å². The molecule has 1 heterocycles. The molecule has 1 atom stereocenters. The Balaban J connectivity index is 1.83. The molecule has 0 saturated heterocycles. The standard InChI is InChI=1S/C16H14BrClO2/c17-14(10-11-4-6-12(18)7-5-11)13-2-1-3-15-16(13)20-9-8-19-15/h1-7,14H,8-10H2. The summed E-state index contributed by atoms with van der Waals surface area (Å²) in [5, 5.41) is 0.758. The minimum atomic E-state index is 0.181. The van der Waals surface area contributed by atoms with Crippen molar-refractivity contribution in [2.45, 2.75) is 11.2 Å². The van der Waals surface area contributed by atoms with Crippen LogP contribution in [0.3, 0.4) is 0 Å². The van der Waals surface area contributed by atoms with E-state index in [1.165, 1.54) is 5.56 Å². The quantitative estimate of drug-likeness (QED) is 0.739. The molecular formula is C16H14BrClO2. The number of halogens is 2. The van der Waals surface area contributed by atoms with Gasteiger partial charge in [-0.1, -0.05) is 51.8 Å². The predicted molar refractivity (Wildman–Crippen MR) is 84.3 cm³/mol. The zero-order valence-corrected chi connectivity index (χ0v) is 13.2. The molecule has 0 aromatic heterocycles. The summed E-state index contributed by atoms with van der Waals surface area (Å²) >= 11 is 9.66. The van der Waals surface area contributed by atoms with E-state index >= 15 is 0 Å². The van der Waals surface area contributed by atoms with Crippen molar-refractivity contribution in [3.05, 3.63) is 58.6 Å². The zero-order chi connectivity index (χ0) is 13.9. The molecule has 1 aliphatic heterocycles. The van der Waals surface area contributed by atoms with E-state index in [0.717, 1.165) is 28.5 Å². The molecule has 1 unspecified atom stereocenters. The molecule has 4 heteroatoms. The molecule has 0 spiro atoms. The topological polar surface area (TPSA) is 18.5 Å². The van der Waals surface area contributed by atoms with E-state index < -0.39 is 0 Å². The lowest BCUT2D eigenvalue weighted by Gasteiger charge is -2.23. The first-order chi connectivity index (χ1) is 9.74. The summed E-state index contributed by atoms with van der Waals surface area (Å²) in [6, 6.07) is 13.9. The van der Waals surface area contributed by atoms with Crippen molar-refractivity contribution < 1.29 is 9.47 Å². The van der Waals surface area contributed by atoms with Gasteiger partial charge in [0.25, 0.3) is 0 Å². The van der Waals surface area contributed by atoms with Crippen molar-refractivity contribution in [3.63, 3.8) is 0 Å². The first-order valence-corrected chi connectivity index (χ1v) is 7.80. The summed E-state index contributed by atoms with van der Waals surface area (Å²) in [5.41, 5.74) is 2.35. The minimum Gasteiger partial charge on any atom is -0.486 e. The molecule has 20 heavy (non-hydrogen) atoms. The number of ether oxygens (including phenoxy) is 2. The highest BCUT2D eigenvalue weighted by Crippen LogP contribution is 2.41. The highest BCUT2D eigenvalue weighted by atomic mass is 79.9. The Morgan fingerprint density at radius 3 is 2.60 bits per heavy atom. The Kier molecular flexibility index (Phi) is 4.18. The molecule has 0 saturated carbocycles. The number of para-hydroxylation sites is 1. The number of hydrogen-bond donors (Lipinski definition) is 0. The van der Waals surface area contributed by atoms with Crippen molar-refractivity contribution in [1.29, 1.82) is 0 Å². The molecule has 0 aliphatic carbocycles. The van der Waals surface area contributed by atoms with E-state index in [2.05, 4.69) is 22.0 Å². The summed E-state index contributed by atoms with van der Waals surface area (Å²) in [7, 11) is 0. The van der Waals surface area contributed by atoms with E-state index in [9.17, 15) is 0 Å². The van der Waals surface area contributed by atoms with Crippen LogP contribution in [0.4, 0.5) is 0 Å². The molecule has 0 amide bonds. The van der Waals surface area contributed by atoms with Gasteiger partial charge in [0.15, 0.2) is 11.5 Å². The first kappa shape index (κ1) is 13.8. The molecule has 0 bridgehead atoms. The van der Waals surface area contributed by atoms with Crippen LogP contribution >= 0.6 is 27.5 Å². The van der Waals surface area contributed by atoms with Gasteiger partial charge in [0.2, 0.25) is 0 Å². The summed E-state index contributed by atoms with van der Waals surface area (Å²) < 4.78 is 11.4. The Labute approximate surface area is 131 Å². The van der Waals surface area contributed by atoms with Crippen molar-refractivity contribution in [1.82, 2.24) is 0 Å². The van der Waals surface area contributed by atoms with Crippen LogP contribution in [0.25, 0.3) is 0 Å². The van der Waals surface area contributed by atoms with Crippen molar-refractivity contribution in [3.8, 4) is 11.5 Å². The van der Waals surface area contributed by atoms with Crippen molar-refractivity contribution >= 4 is 27.5 Å². The summed E-state index contributed by atoms with van der Waals surface area (Å²) in [6.07, 6.45) is 0.872. The second kappa shape index (κ2) is 6.06. The molecule has 0 radical (unpaired) electrons. The average molecular weight is 354 g/mol. The fraction of sp³-hybridized carbons (Fsp3) is 0.250. The number of fused-ring (bicyclic) bond motifs is 1. The van der Waals surface area contributed by atoms with E-state index in [1.54, 1.807) is 0 Å². The maximum atomic E-state index is 5.91. The van der Waals surface area contributed by atoms with Gasteiger partial charge in [-0.2, -0.15) is 0 Å². The highest BCUT2D eigenvalue weighted by molar-refractivity contribution is 9.09. The third kappa shape index (κ3) is 2.94. The maximum Gasteiger partial charge on any atom is 0.165 e. The Morgan fingerprint density at radius 1 is 1.05 bits per heavy atom. The van der Waals surface area contributed by atoms with Crippen LogP contribution in [-0.4, -0.2) is 13.2 Å². The normalized spacial score (nSPS) is 14.9. The van der Waals surface area contributed by atoms with E-state index in [4.69, 9.17) is 21.1 Å². The molecule has 104 valence electrons. The number of benzene rings is 2. The second-order valence-electron chi connectivity index (χ2n) is 4.67. The fourth-order valence-electron chi connectivity index (χ4n) is 2.28. The molecule has 1 aliphatic rings. The third-order valence-corrected chi connectivity index (χ3v) is 4.33. The van der Waals surface area contributed by atoms with Crippen molar-refractivity contribution in [2.24, 2.45) is 0 Å². The van der Waals surface area contributed by atoms with E-state index in [0.29, 0.717) is 13.2 Å². The van der Waals surface area contributed by atoms with Crippen LogP contribution in [-0.2, 0) is 6.42 Å². The van der Waals surface area contributed by atoms with Gasteiger partial charge in [-0.05, 0) is 30.2 Å². The van der Waals surface area contributed by atoms with Crippen LogP contribution < -0.4 is 9.47 Å². The van der Waals surface area contributed by atoms with Gasteiger partial charge < -0.3 is 9.47 Å². The summed E-state index contributed by atoms with van der Waals surface area (Å²) in [4.78, 5) is 0.181. The van der Waals surface area contributed by atoms with Crippen LogP contribution in [0.5, 0.6) is 11.5 Å². The lowest BCUT2D eigenvalue weighted by Crippen LogP contribution is -2.17. The molecule has 0 N–H and O–H groups in total. The van der Waals surface area contributed by atoms with Gasteiger partial charge in [0, 0.05) is 15.4 Å². The first-order valence-electron chi connectivity index (χ1n) is 6.51. The maximum absolute atomic E-state index is 5.91. The third-order valence-electron chi connectivity index (χ3n) is 3.26. The van der Waals surface area contributed by atoms with Gasteiger partial charge >= 0.3 is 0 Å². The molecule has 2 aromatic rings. The van der Waals surface area contributed by atoms with Gasteiger partial charge in [-0.15, -0.1) is 0 Å². The lowest BCUT2D eigenvalue weighted by atomic mass is 10.0. The Morgan fingerprint density at radius 2 is 1.80 bits per heavy atom. The summed E-state index contributed by atoms with van der Waals surface area (Å²) in [5.74, 6) is 1.68. The lowest BCUT2D eigenvalue weighted by molar-refractivity contribution is 0.170. The number of hydrogen-bond acceptors (Lipinski definition) is 2. The van der Waals surface area contributed by atoms with Gasteiger partial charge in [0.05, 0.1) is 0 Å². The molecule has 0 fully saturated rings. The largest absolute Gasteiger partial charge is 0.486 e. The zero-order valence-electron chi connectivity index (χ0n) is 10.8. The predicted octanol–water partition coefficient (Wildman–Crippen LogP) is 4.79. The van der Waals surface area contributed by atoms with Crippen LogP contribution in [0.1, 0.15) is 16.0 Å². The molecule has 2 aromatic carbocycles. The molecule has 2 nitrogen and oxygen atoms in total. The number of alkyl halides is 1. The summed E-state index contributed by atoms with van der Waals surface area (Å²) in [6.45, 7) is 1.21. The number of rotatable bonds is 3. The van der Waals surface area contributed by atoms with Gasteiger partial charge in [-0.3, -0.25) is 0 Å². The SMILES string of the molecule is Clc1ccc(CC(Br)c2cccc3c2OCCO3)cc1. The fourth-order valence-corrected chi connectivity index (χ4v) is 3.14. The van der Waals surface area contributed by atoms with Crippen LogP contribution in [0, 0.1) is 0 Å². The minimum absolute atomic E-state index is 0.181. The van der Waals surface area contributed by atoms with Crippen molar-refractivity contribution in [2.75, 3.05) is 13.2 Å². The van der Waals surface area contributed by atoms with E-state index in [-0.39, 0.29) is 4.83 Å². The Bertz CT molecular complexity index is 598. The second-order valence-corrected chi connectivity index (χ2v) is 6.21. The monoisotopic (exact) mass is 352 g/mol. The van der Waals surface area contributed by atoms with Gasteiger partial charge in [-0.25, -0.2) is 0 Å². The average Bonchev–Trinajstić information content (AvgIpc) is 2.49. The highest BCUT2D eigenvalue weighted by Gasteiger charge is 2.20. The molecular weight excluding hydrogens is 340 g/mol. The molecule has 3 rings (SSSR count). The Hall–Kier alpha value is -1.19. The van der Waals surface area contributed by atoms with Crippen LogP contribution in [0.2, 0.25) is 5.02 Å². The van der Waals surface area contributed by atoms with E-state index in [1.807, 2.05) is 36.4 Å².